The van der Waals surface area contributed by atoms with Crippen molar-refractivity contribution in [1.82, 2.24) is 5.32 Å². The molecule has 1 aromatic rings. The Morgan fingerprint density at radius 1 is 1.47 bits per heavy atom. The van der Waals surface area contributed by atoms with Crippen molar-refractivity contribution in [2.24, 2.45) is 0 Å². The average molecular weight is 330 g/mol. The second-order valence-electron chi connectivity index (χ2n) is 4.06. The van der Waals surface area contributed by atoms with Crippen LogP contribution in [0.3, 0.4) is 0 Å². The lowest BCUT2D eigenvalue weighted by Crippen LogP contribution is -2.41. The van der Waals surface area contributed by atoms with Crippen LogP contribution in [-0.2, 0) is 9.53 Å². The summed E-state index contributed by atoms with van der Waals surface area (Å²) in [5.41, 5.74) is 1.23. The molecule has 1 unspecified atom stereocenters. The molecule has 0 fully saturated rings. The van der Waals surface area contributed by atoms with E-state index in [0.29, 0.717) is 5.56 Å². The summed E-state index contributed by atoms with van der Waals surface area (Å²) >= 11 is 3.34. The molecule has 104 valence electrons. The van der Waals surface area contributed by atoms with Crippen LogP contribution in [0.2, 0.25) is 0 Å². The monoisotopic (exact) mass is 329 g/mol. The molecule has 5 nitrogen and oxygen atoms in total. The number of carbonyl (C=O) groups excluding carboxylic acids is 1. The Hall–Kier alpha value is -1.40. The third-order valence-electron chi connectivity index (χ3n) is 2.73. The Morgan fingerprint density at radius 2 is 2.16 bits per heavy atom. The maximum Gasteiger partial charge on any atom is 0.326 e. The molecule has 1 atom stereocenters. The van der Waals surface area contributed by atoms with E-state index < -0.39 is 17.9 Å². The molecular formula is C13H16BrNO4. The van der Waals surface area contributed by atoms with Crippen LogP contribution in [-0.4, -0.2) is 36.7 Å². The maximum absolute atomic E-state index is 12.1. The number of benzene rings is 1. The first-order valence-corrected chi connectivity index (χ1v) is 6.54. The van der Waals surface area contributed by atoms with Gasteiger partial charge in [-0.05, 0) is 24.6 Å². The van der Waals surface area contributed by atoms with E-state index in [9.17, 15) is 9.59 Å². The first kappa shape index (κ1) is 15.7. The first-order valence-electron chi connectivity index (χ1n) is 5.75. The molecule has 1 rings (SSSR count). The number of rotatable bonds is 6. The molecule has 0 aliphatic carbocycles. The minimum atomic E-state index is -1.07. The molecule has 2 N–H and O–H groups in total. The van der Waals surface area contributed by atoms with Crippen LogP contribution in [0.5, 0.6) is 0 Å². The normalized spacial score (nSPS) is 11.9. The van der Waals surface area contributed by atoms with Gasteiger partial charge in [0.1, 0.15) is 6.04 Å². The van der Waals surface area contributed by atoms with Crippen molar-refractivity contribution in [3.63, 3.8) is 0 Å². The van der Waals surface area contributed by atoms with Crippen molar-refractivity contribution >= 4 is 27.8 Å². The molecule has 0 saturated carbocycles. The number of methoxy groups -OCH3 is 1. The summed E-state index contributed by atoms with van der Waals surface area (Å²) in [6.07, 6.45) is 0.227. The molecule has 1 amide bonds. The summed E-state index contributed by atoms with van der Waals surface area (Å²) in [6, 6.07) is 4.26. The van der Waals surface area contributed by atoms with E-state index in [4.69, 9.17) is 9.84 Å². The third kappa shape index (κ3) is 4.33. The van der Waals surface area contributed by atoms with Gasteiger partial charge in [0, 0.05) is 30.2 Å². The van der Waals surface area contributed by atoms with Crippen molar-refractivity contribution in [1.29, 1.82) is 0 Å². The van der Waals surface area contributed by atoms with Gasteiger partial charge in [-0.25, -0.2) is 4.79 Å². The number of hydrogen-bond acceptors (Lipinski definition) is 3. The van der Waals surface area contributed by atoms with Crippen molar-refractivity contribution in [3.05, 3.63) is 33.8 Å². The number of aliphatic carboxylic acids is 1. The molecule has 1 aromatic carbocycles. The second kappa shape index (κ2) is 7.25. The molecule has 6 heteroatoms. The van der Waals surface area contributed by atoms with E-state index in [1.165, 1.54) is 7.11 Å². The number of ether oxygens (including phenoxy) is 1. The predicted molar refractivity (Wildman–Crippen MR) is 74.3 cm³/mol. The lowest BCUT2D eigenvalue weighted by molar-refractivity contribution is -0.139. The van der Waals surface area contributed by atoms with Crippen LogP contribution in [0.15, 0.2) is 22.7 Å². The second-order valence-corrected chi connectivity index (χ2v) is 4.91. The summed E-state index contributed by atoms with van der Waals surface area (Å²) in [6.45, 7) is 2.07. The van der Waals surface area contributed by atoms with Gasteiger partial charge in [0.25, 0.3) is 5.91 Å². The smallest absolute Gasteiger partial charge is 0.326 e. The fourth-order valence-electron chi connectivity index (χ4n) is 1.58. The minimum absolute atomic E-state index is 0.227. The Morgan fingerprint density at radius 3 is 2.74 bits per heavy atom. The summed E-state index contributed by atoms with van der Waals surface area (Å²) in [5, 5.41) is 11.5. The van der Waals surface area contributed by atoms with Gasteiger partial charge in [-0.1, -0.05) is 22.0 Å². The van der Waals surface area contributed by atoms with Gasteiger partial charge >= 0.3 is 5.97 Å². The van der Waals surface area contributed by atoms with Gasteiger partial charge in [0.05, 0.1) is 0 Å². The lowest BCUT2D eigenvalue weighted by Gasteiger charge is -2.15. The van der Waals surface area contributed by atoms with E-state index in [2.05, 4.69) is 21.2 Å². The van der Waals surface area contributed by atoms with Crippen molar-refractivity contribution in [2.45, 2.75) is 19.4 Å². The highest BCUT2D eigenvalue weighted by Crippen LogP contribution is 2.19. The number of nitrogens with one attached hydrogen (secondary N) is 1. The highest BCUT2D eigenvalue weighted by Gasteiger charge is 2.21. The Bertz CT molecular complexity index is 476. The van der Waals surface area contributed by atoms with Gasteiger partial charge in [-0.15, -0.1) is 0 Å². The van der Waals surface area contributed by atoms with Crippen LogP contribution in [0, 0.1) is 6.92 Å². The minimum Gasteiger partial charge on any atom is -0.480 e. The molecule has 0 bridgehead atoms. The SMILES string of the molecule is COCCC(NC(=O)c1cccc(Br)c1C)C(=O)O. The lowest BCUT2D eigenvalue weighted by atomic mass is 10.1. The van der Waals surface area contributed by atoms with Crippen molar-refractivity contribution < 1.29 is 19.4 Å². The molecule has 0 aliphatic rings. The van der Waals surface area contributed by atoms with E-state index in [1.54, 1.807) is 19.1 Å². The van der Waals surface area contributed by atoms with Crippen molar-refractivity contribution in [3.8, 4) is 0 Å². The fourth-order valence-corrected chi connectivity index (χ4v) is 1.95. The zero-order valence-electron chi connectivity index (χ0n) is 10.8. The molecule has 0 radical (unpaired) electrons. The molecule has 0 aliphatic heterocycles. The summed E-state index contributed by atoms with van der Waals surface area (Å²) in [5.74, 6) is -1.47. The summed E-state index contributed by atoms with van der Waals surface area (Å²) in [4.78, 5) is 23.1. The number of halogens is 1. The average Bonchev–Trinajstić information content (AvgIpc) is 2.37. The standard InChI is InChI=1S/C13H16BrNO4/c1-8-9(4-3-5-10(8)14)12(16)15-11(13(17)18)6-7-19-2/h3-5,11H,6-7H2,1-2H3,(H,15,16)(H,17,18). The highest BCUT2D eigenvalue weighted by atomic mass is 79.9. The number of carbonyl (C=O) groups is 2. The van der Waals surface area contributed by atoms with Gasteiger partial charge in [0.2, 0.25) is 0 Å². The first-order chi connectivity index (χ1) is 8.97. The number of carboxylic acid groups (broad SMARTS) is 1. The topological polar surface area (TPSA) is 75.6 Å². The molecular weight excluding hydrogens is 314 g/mol. The molecule has 0 heterocycles. The predicted octanol–water partition coefficient (Wildman–Crippen LogP) is 1.98. The summed E-state index contributed by atoms with van der Waals surface area (Å²) < 4.78 is 5.64. The van der Waals surface area contributed by atoms with E-state index in [1.807, 2.05) is 6.07 Å². The Labute approximate surface area is 120 Å². The molecule has 0 spiro atoms. The van der Waals surface area contributed by atoms with Gasteiger partial charge in [-0.3, -0.25) is 4.79 Å². The van der Waals surface area contributed by atoms with Gasteiger partial charge in [-0.2, -0.15) is 0 Å². The molecule has 0 aromatic heterocycles. The summed E-state index contributed by atoms with van der Waals surface area (Å²) in [7, 11) is 1.49. The van der Waals surface area contributed by atoms with Gasteiger partial charge in [0.15, 0.2) is 0 Å². The van der Waals surface area contributed by atoms with Gasteiger partial charge < -0.3 is 15.2 Å². The third-order valence-corrected chi connectivity index (χ3v) is 3.59. The zero-order valence-corrected chi connectivity index (χ0v) is 12.4. The Kier molecular flexibility index (Phi) is 5.98. The largest absolute Gasteiger partial charge is 0.480 e. The fraction of sp³-hybridized carbons (Fsp3) is 0.385. The van der Waals surface area contributed by atoms with Crippen LogP contribution < -0.4 is 5.32 Å². The Balaban J connectivity index is 2.82. The van der Waals surface area contributed by atoms with Crippen LogP contribution in [0.25, 0.3) is 0 Å². The van der Waals surface area contributed by atoms with Crippen LogP contribution >= 0.6 is 15.9 Å². The van der Waals surface area contributed by atoms with E-state index in [-0.39, 0.29) is 13.0 Å². The number of hydrogen-bond donors (Lipinski definition) is 2. The van der Waals surface area contributed by atoms with Crippen molar-refractivity contribution in [2.75, 3.05) is 13.7 Å². The van der Waals surface area contributed by atoms with Crippen LogP contribution in [0.4, 0.5) is 0 Å². The maximum atomic E-state index is 12.1. The van der Waals surface area contributed by atoms with E-state index in [0.717, 1.165) is 10.0 Å². The van der Waals surface area contributed by atoms with E-state index >= 15 is 0 Å². The zero-order chi connectivity index (χ0) is 14.4. The quantitative estimate of drug-likeness (QED) is 0.836. The molecule has 0 saturated heterocycles. The number of carboxylic acids is 1. The molecule has 19 heavy (non-hydrogen) atoms. The highest BCUT2D eigenvalue weighted by molar-refractivity contribution is 9.10. The van der Waals surface area contributed by atoms with Crippen LogP contribution in [0.1, 0.15) is 22.3 Å². The number of amides is 1.